The number of benzene rings is 1. The normalized spacial score (nSPS) is 18.4. The maximum Gasteiger partial charge on any atom is 0.245 e. The van der Waals surface area contributed by atoms with Crippen LogP contribution in [-0.2, 0) is 14.8 Å². The first-order valence-electron chi connectivity index (χ1n) is 6.37. The van der Waals surface area contributed by atoms with Crippen molar-refractivity contribution in [3.63, 3.8) is 0 Å². The number of nitrogens with two attached hydrogens (primary N) is 1. The highest BCUT2D eigenvalue weighted by atomic mass is 32.2. The molecular weight excluding hydrogens is 296 g/mol. The number of carbonyl (C=O) groups is 1. The van der Waals surface area contributed by atoms with Gasteiger partial charge in [0.25, 0.3) is 0 Å². The Morgan fingerprint density at radius 3 is 2.57 bits per heavy atom. The largest absolute Gasteiger partial charge is 0.486 e. The number of amides is 1. The zero-order valence-electron chi connectivity index (χ0n) is 11.1. The molecule has 0 aromatic heterocycles. The number of nitrogens with zero attached hydrogens (tertiary/aromatic N) is 1. The molecule has 0 spiro atoms. The van der Waals surface area contributed by atoms with Gasteiger partial charge in [-0.05, 0) is 12.1 Å². The van der Waals surface area contributed by atoms with Crippen LogP contribution in [0.4, 0.5) is 0 Å². The monoisotopic (exact) mass is 310 g/mol. The third-order valence-corrected chi connectivity index (χ3v) is 5.16. The van der Waals surface area contributed by atoms with Gasteiger partial charge in [-0.3, -0.25) is 4.79 Å². The van der Waals surface area contributed by atoms with Crippen molar-refractivity contribution in [2.24, 2.45) is 5.73 Å². The summed E-state index contributed by atoms with van der Waals surface area (Å²) in [5, 5.41) is 0. The molecule has 8 heteroatoms. The molecule has 1 aromatic rings. The van der Waals surface area contributed by atoms with Gasteiger partial charge in [0, 0.05) is 24.7 Å². The second-order valence-corrected chi connectivity index (χ2v) is 6.63. The highest BCUT2D eigenvalue weighted by molar-refractivity contribution is 7.89. The quantitative estimate of drug-likeness (QED) is 0.838. The Morgan fingerprint density at radius 1 is 1.19 bits per heavy atom. The Labute approximate surface area is 122 Å². The summed E-state index contributed by atoms with van der Waals surface area (Å²) in [5.41, 5.74) is 5.47. The van der Waals surface area contributed by atoms with Crippen molar-refractivity contribution in [3.8, 4) is 11.5 Å². The first-order chi connectivity index (χ1) is 9.98. The number of primary amides is 1. The fraction of sp³-hybridized carbons (Fsp3) is 0.308. The van der Waals surface area contributed by atoms with Crippen LogP contribution in [0.15, 0.2) is 34.7 Å². The Bertz CT molecular complexity index is 726. The number of hydrogen-bond acceptors (Lipinski definition) is 5. The molecular formula is C13H14N2O5S. The second kappa shape index (κ2) is 5.05. The lowest BCUT2D eigenvalue weighted by Gasteiger charge is -2.21. The molecule has 2 aliphatic rings. The van der Waals surface area contributed by atoms with E-state index >= 15 is 0 Å². The number of hydrogen-bond donors (Lipinski definition) is 1. The summed E-state index contributed by atoms with van der Waals surface area (Å²) >= 11 is 0. The van der Waals surface area contributed by atoms with Gasteiger partial charge in [0.2, 0.25) is 15.9 Å². The van der Waals surface area contributed by atoms with Gasteiger partial charge in [0.05, 0.1) is 4.90 Å². The molecule has 0 unspecified atom stereocenters. The van der Waals surface area contributed by atoms with Gasteiger partial charge in [-0.1, -0.05) is 6.08 Å². The minimum absolute atomic E-state index is 0.00783. The molecule has 112 valence electrons. The average molecular weight is 310 g/mol. The van der Waals surface area contributed by atoms with Crippen LogP contribution in [-0.4, -0.2) is 44.9 Å². The van der Waals surface area contributed by atoms with E-state index in [4.69, 9.17) is 15.2 Å². The predicted molar refractivity (Wildman–Crippen MR) is 73.5 cm³/mol. The molecule has 0 saturated carbocycles. The summed E-state index contributed by atoms with van der Waals surface area (Å²) in [6.45, 7) is 0.950. The molecule has 21 heavy (non-hydrogen) atoms. The van der Waals surface area contributed by atoms with Gasteiger partial charge in [-0.15, -0.1) is 0 Å². The van der Waals surface area contributed by atoms with Crippen molar-refractivity contribution < 1.29 is 22.7 Å². The van der Waals surface area contributed by atoms with Gasteiger partial charge in [0.15, 0.2) is 11.5 Å². The average Bonchev–Trinajstić information content (AvgIpc) is 2.97. The first-order valence-corrected chi connectivity index (χ1v) is 7.81. The van der Waals surface area contributed by atoms with Gasteiger partial charge in [0.1, 0.15) is 13.2 Å². The SMILES string of the molecule is NC(=O)C1=CCN(S(=O)(=O)c2ccc3c(c2)OCCO3)C1. The van der Waals surface area contributed by atoms with E-state index in [0.717, 1.165) is 0 Å². The van der Waals surface area contributed by atoms with Crippen molar-refractivity contribution in [3.05, 3.63) is 29.8 Å². The summed E-state index contributed by atoms with van der Waals surface area (Å²) in [6, 6.07) is 4.47. The van der Waals surface area contributed by atoms with E-state index in [0.29, 0.717) is 30.3 Å². The summed E-state index contributed by atoms with van der Waals surface area (Å²) in [7, 11) is -3.70. The fourth-order valence-electron chi connectivity index (χ4n) is 2.23. The number of fused-ring (bicyclic) bond motifs is 1. The van der Waals surface area contributed by atoms with E-state index in [-0.39, 0.29) is 18.0 Å². The highest BCUT2D eigenvalue weighted by Gasteiger charge is 2.30. The van der Waals surface area contributed by atoms with Crippen LogP contribution >= 0.6 is 0 Å². The Kier molecular flexibility index (Phi) is 3.34. The van der Waals surface area contributed by atoms with Crippen LogP contribution in [0.2, 0.25) is 0 Å². The zero-order chi connectivity index (χ0) is 15.0. The molecule has 1 amide bonds. The Morgan fingerprint density at radius 2 is 1.90 bits per heavy atom. The van der Waals surface area contributed by atoms with Gasteiger partial charge in [-0.25, -0.2) is 8.42 Å². The van der Waals surface area contributed by atoms with Crippen molar-refractivity contribution in [1.29, 1.82) is 0 Å². The zero-order valence-corrected chi connectivity index (χ0v) is 11.9. The lowest BCUT2D eigenvalue weighted by molar-refractivity contribution is -0.114. The Balaban J connectivity index is 1.88. The molecule has 0 saturated heterocycles. The maximum absolute atomic E-state index is 12.5. The second-order valence-electron chi connectivity index (χ2n) is 4.70. The predicted octanol–water partition coefficient (Wildman–Crippen LogP) is -0.126. The molecule has 2 aliphatic heterocycles. The third-order valence-electron chi connectivity index (χ3n) is 3.36. The van der Waals surface area contributed by atoms with E-state index in [1.54, 1.807) is 6.07 Å². The lowest BCUT2D eigenvalue weighted by Crippen LogP contribution is -2.31. The van der Waals surface area contributed by atoms with E-state index in [9.17, 15) is 13.2 Å². The number of carbonyl (C=O) groups excluding carboxylic acids is 1. The maximum atomic E-state index is 12.5. The minimum atomic E-state index is -3.70. The molecule has 0 fully saturated rings. The summed E-state index contributed by atoms with van der Waals surface area (Å²) < 4.78 is 37.0. The number of sulfonamides is 1. The minimum Gasteiger partial charge on any atom is -0.486 e. The number of rotatable bonds is 3. The van der Waals surface area contributed by atoms with E-state index in [2.05, 4.69) is 0 Å². The highest BCUT2D eigenvalue weighted by Crippen LogP contribution is 2.33. The third kappa shape index (κ3) is 2.47. The molecule has 3 rings (SSSR count). The summed E-state index contributed by atoms with van der Waals surface area (Å²) in [6.07, 6.45) is 1.53. The van der Waals surface area contributed by atoms with E-state index in [1.165, 1.54) is 22.5 Å². The van der Waals surface area contributed by atoms with Crippen LogP contribution in [0.1, 0.15) is 0 Å². The van der Waals surface area contributed by atoms with Gasteiger partial charge in [-0.2, -0.15) is 4.31 Å². The van der Waals surface area contributed by atoms with Crippen LogP contribution in [0.5, 0.6) is 11.5 Å². The smallest absolute Gasteiger partial charge is 0.245 e. The first kappa shape index (κ1) is 13.9. The summed E-state index contributed by atoms with van der Waals surface area (Å²) in [5.74, 6) is 0.331. The van der Waals surface area contributed by atoms with Crippen molar-refractivity contribution in [2.45, 2.75) is 4.90 Å². The van der Waals surface area contributed by atoms with Gasteiger partial charge >= 0.3 is 0 Å². The van der Waals surface area contributed by atoms with Crippen molar-refractivity contribution in [2.75, 3.05) is 26.3 Å². The summed E-state index contributed by atoms with van der Waals surface area (Å²) in [4.78, 5) is 11.2. The molecule has 1 aromatic carbocycles. The topological polar surface area (TPSA) is 98.9 Å². The molecule has 2 heterocycles. The van der Waals surface area contributed by atoms with E-state index in [1.807, 2.05) is 0 Å². The molecule has 0 atom stereocenters. The number of ether oxygens (including phenoxy) is 2. The van der Waals surface area contributed by atoms with Gasteiger partial charge < -0.3 is 15.2 Å². The molecule has 2 N–H and O–H groups in total. The van der Waals surface area contributed by atoms with E-state index < -0.39 is 15.9 Å². The molecule has 7 nitrogen and oxygen atoms in total. The Hall–Kier alpha value is -2.06. The molecule has 0 bridgehead atoms. The molecule has 0 aliphatic carbocycles. The standard InChI is InChI=1S/C13H14N2O5S/c14-13(16)9-3-4-15(8-9)21(17,18)10-1-2-11-12(7-10)20-6-5-19-11/h1-3,7H,4-6,8H2,(H2,14,16). The van der Waals surface area contributed by atoms with Crippen LogP contribution in [0.25, 0.3) is 0 Å². The lowest BCUT2D eigenvalue weighted by atomic mass is 10.3. The van der Waals surface area contributed by atoms with Crippen molar-refractivity contribution in [1.82, 2.24) is 4.31 Å². The van der Waals surface area contributed by atoms with Crippen LogP contribution < -0.4 is 15.2 Å². The van der Waals surface area contributed by atoms with Crippen LogP contribution in [0, 0.1) is 0 Å². The fourth-order valence-corrected chi connectivity index (χ4v) is 3.60. The molecule has 0 radical (unpaired) electrons. The van der Waals surface area contributed by atoms with Crippen molar-refractivity contribution >= 4 is 15.9 Å². The van der Waals surface area contributed by atoms with Crippen LogP contribution in [0.3, 0.4) is 0 Å².